The number of nitrogens with zero attached hydrogens (tertiary/aromatic N) is 3. The lowest BCUT2D eigenvalue weighted by Gasteiger charge is -2.24. The average molecular weight is 349 g/mol. The van der Waals surface area contributed by atoms with Crippen LogP contribution in [0.25, 0.3) is 10.9 Å². The molecule has 0 bridgehead atoms. The summed E-state index contributed by atoms with van der Waals surface area (Å²) >= 11 is 0. The molecular weight excluding hydrogens is 326 g/mol. The third-order valence-corrected chi connectivity index (χ3v) is 5.06. The summed E-state index contributed by atoms with van der Waals surface area (Å²) in [5.41, 5.74) is 2.73. The van der Waals surface area contributed by atoms with Crippen molar-refractivity contribution in [2.75, 3.05) is 20.3 Å². The number of carbonyl (C=O) groups is 1. The van der Waals surface area contributed by atoms with Gasteiger partial charge in [0.15, 0.2) is 0 Å². The number of benzene rings is 1. The highest BCUT2D eigenvalue weighted by Gasteiger charge is 2.25. The number of para-hydroxylation sites is 1. The first-order chi connectivity index (χ1) is 12.7. The molecule has 0 fully saturated rings. The van der Waals surface area contributed by atoms with Crippen LogP contribution in [0.1, 0.15) is 22.5 Å². The Morgan fingerprint density at radius 1 is 1.23 bits per heavy atom. The predicted octanol–water partition coefficient (Wildman–Crippen LogP) is 3.35. The highest BCUT2D eigenvalue weighted by atomic mass is 16.5. The molecule has 1 amide bonds. The first-order valence-corrected chi connectivity index (χ1v) is 9.01. The van der Waals surface area contributed by atoms with E-state index in [1.54, 1.807) is 13.3 Å². The van der Waals surface area contributed by atoms with Crippen molar-refractivity contribution in [3.8, 4) is 0 Å². The Balaban J connectivity index is 1.62. The van der Waals surface area contributed by atoms with Gasteiger partial charge in [-0.15, -0.1) is 0 Å². The fraction of sp³-hybridized carbons (Fsp3) is 0.333. The Labute approximate surface area is 153 Å². The minimum Gasteiger partial charge on any atom is -0.385 e. The van der Waals surface area contributed by atoms with Crippen LogP contribution in [0.3, 0.4) is 0 Å². The van der Waals surface area contributed by atoms with Crippen molar-refractivity contribution >= 4 is 16.8 Å². The molecule has 5 heteroatoms. The molecular formula is C21H23N3O2. The number of pyridine rings is 1. The third kappa shape index (κ3) is 3.35. The highest BCUT2D eigenvalue weighted by Crippen LogP contribution is 2.22. The van der Waals surface area contributed by atoms with Crippen LogP contribution < -0.4 is 0 Å². The minimum absolute atomic E-state index is 0.0420. The van der Waals surface area contributed by atoms with Crippen LogP contribution in [0.2, 0.25) is 0 Å². The molecule has 5 nitrogen and oxygen atoms in total. The minimum atomic E-state index is 0.0420. The maximum atomic E-state index is 13.2. The molecule has 2 aromatic heterocycles. The monoisotopic (exact) mass is 349 g/mol. The quantitative estimate of drug-likeness (QED) is 0.726. The molecule has 0 saturated heterocycles. The molecule has 0 aliphatic carbocycles. The summed E-state index contributed by atoms with van der Waals surface area (Å²) in [7, 11) is 1.72. The van der Waals surface area contributed by atoms with Gasteiger partial charge in [-0.2, -0.15) is 0 Å². The largest absolute Gasteiger partial charge is 0.385 e. The number of amides is 1. The third-order valence-electron chi connectivity index (χ3n) is 5.06. The molecule has 1 atom stereocenters. The number of hydrogen-bond acceptors (Lipinski definition) is 3. The number of fused-ring (bicyclic) bond motifs is 2. The summed E-state index contributed by atoms with van der Waals surface area (Å²) in [6, 6.07) is 14.0. The molecule has 0 N–H and O–H groups in total. The van der Waals surface area contributed by atoms with E-state index in [1.165, 1.54) is 5.69 Å². The van der Waals surface area contributed by atoms with Gasteiger partial charge in [0.2, 0.25) is 0 Å². The van der Waals surface area contributed by atoms with Gasteiger partial charge in [-0.25, -0.2) is 0 Å². The van der Waals surface area contributed by atoms with Gasteiger partial charge in [0, 0.05) is 50.3 Å². The zero-order valence-electron chi connectivity index (χ0n) is 15.0. The number of hydrogen-bond donors (Lipinski definition) is 0. The molecule has 3 aromatic rings. The van der Waals surface area contributed by atoms with E-state index in [4.69, 9.17) is 4.74 Å². The normalized spacial score (nSPS) is 17.1. The van der Waals surface area contributed by atoms with Crippen molar-refractivity contribution in [2.24, 2.45) is 5.92 Å². The Morgan fingerprint density at radius 3 is 3.00 bits per heavy atom. The maximum absolute atomic E-state index is 13.2. The molecule has 1 aromatic carbocycles. The van der Waals surface area contributed by atoms with E-state index >= 15 is 0 Å². The van der Waals surface area contributed by atoms with Crippen LogP contribution in [0.15, 0.2) is 54.9 Å². The molecule has 0 saturated carbocycles. The molecule has 134 valence electrons. The summed E-state index contributed by atoms with van der Waals surface area (Å²) < 4.78 is 7.52. The van der Waals surface area contributed by atoms with Crippen LogP contribution in [0.5, 0.6) is 0 Å². The summed E-state index contributed by atoms with van der Waals surface area (Å²) in [4.78, 5) is 19.6. The Kier molecular flexibility index (Phi) is 4.71. The van der Waals surface area contributed by atoms with Crippen LogP contribution in [-0.2, 0) is 17.8 Å². The fourth-order valence-electron chi connectivity index (χ4n) is 3.67. The van der Waals surface area contributed by atoms with Crippen molar-refractivity contribution in [3.05, 3.63) is 66.1 Å². The average Bonchev–Trinajstić information content (AvgIpc) is 3.03. The van der Waals surface area contributed by atoms with Crippen molar-refractivity contribution in [1.82, 2.24) is 14.5 Å². The summed E-state index contributed by atoms with van der Waals surface area (Å²) in [6.07, 6.45) is 4.73. The van der Waals surface area contributed by atoms with Gasteiger partial charge in [-0.1, -0.05) is 18.2 Å². The van der Waals surface area contributed by atoms with Gasteiger partial charge >= 0.3 is 0 Å². The lowest BCUT2D eigenvalue weighted by atomic mass is 10.0. The number of methoxy groups -OCH3 is 1. The number of carbonyl (C=O) groups excluding carboxylic acids is 1. The SMILES string of the molecule is COCCC1CN(C(=O)c2cnc3ccccc3c2)Cc2cccn2C1. The summed E-state index contributed by atoms with van der Waals surface area (Å²) in [5, 5.41) is 0.993. The Bertz CT molecular complexity index is 918. The second-order valence-corrected chi connectivity index (χ2v) is 6.90. The van der Waals surface area contributed by atoms with E-state index in [0.29, 0.717) is 24.6 Å². The number of ether oxygens (including phenoxy) is 1. The summed E-state index contributed by atoms with van der Waals surface area (Å²) in [6.45, 7) is 2.99. The second-order valence-electron chi connectivity index (χ2n) is 6.90. The summed E-state index contributed by atoms with van der Waals surface area (Å²) in [5.74, 6) is 0.418. The van der Waals surface area contributed by atoms with Crippen molar-refractivity contribution in [1.29, 1.82) is 0 Å². The van der Waals surface area contributed by atoms with Crippen molar-refractivity contribution < 1.29 is 9.53 Å². The van der Waals surface area contributed by atoms with Gasteiger partial charge < -0.3 is 14.2 Å². The molecule has 1 unspecified atom stereocenters. The number of aromatic nitrogens is 2. The van der Waals surface area contributed by atoms with Crippen LogP contribution in [0.4, 0.5) is 0 Å². The lowest BCUT2D eigenvalue weighted by molar-refractivity contribution is 0.0705. The number of rotatable bonds is 4. The van der Waals surface area contributed by atoms with E-state index in [-0.39, 0.29) is 5.91 Å². The standard InChI is InChI=1S/C21H23N3O2/c1-26-10-8-16-13-23-9-4-6-19(23)15-24(14-16)21(25)18-11-17-5-2-3-7-20(17)22-12-18/h2-7,9,11-12,16H,8,10,13-15H2,1H3. The first kappa shape index (κ1) is 16.8. The van der Waals surface area contributed by atoms with E-state index in [2.05, 4.69) is 21.8 Å². The molecule has 0 radical (unpaired) electrons. The highest BCUT2D eigenvalue weighted by molar-refractivity contribution is 5.97. The Morgan fingerprint density at radius 2 is 2.12 bits per heavy atom. The van der Waals surface area contributed by atoms with Crippen molar-refractivity contribution in [2.45, 2.75) is 19.5 Å². The van der Waals surface area contributed by atoms with Gasteiger partial charge in [-0.05, 0) is 36.6 Å². The van der Waals surface area contributed by atoms with Crippen LogP contribution >= 0.6 is 0 Å². The molecule has 1 aliphatic rings. The molecule has 3 heterocycles. The molecule has 0 spiro atoms. The predicted molar refractivity (Wildman–Crippen MR) is 101 cm³/mol. The smallest absolute Gasteiger partial charge is 0.255 e. The topological polar surface area (TPSA) is 47.4 Å². The van der Waals surface area contributed by atoms with Gasteiger partial charge in [0.05, 0.1) is 17.6 Å². The molecule has 26 heavy (non-hydrogen) atoms. The van der Waals surface area contributed by atoms with E-state index in [1.807, 2.05) is 41.3 Å². The Hall–Kier alpha value is -2.66. The zero-order valence-corrected chi connectivity index (χ0v) is 15.0. The van der Waals surface area contributed by atoms with Gasteiger partial charge in [0.1, 0.15) is 0 Å². The first-order valence-electron chi connectivity index (χ1n) is 9.01. The van der Waals surface area contributed by atoms with E-state index < -0.39 is 0 Å². The van der Waals surface area contributed by atoms with Crippen molar-refractivity contribution in [3.63, 3.8) is 0 Å². The van der Waals surface area contributed by atoms with Gasteiger partial charge in [0.25, 0.3) is 5.91 Å². The molecule has 4 rings (SSSR count). The lowest BCUT2D eigenvalue weighted by Crippen LogP contribution is -2.34. The van der Waals surface area contributed by atoms with E-state index in [0.717, 1.165) is 30.4 Å². The zero-order chi connectivity index (χ0) is 17.9. The second kappa shape index (κ2) is 7.30. The van der Waals surface area contributed by atoms with Crippen LogP contribution in [-0.4, -0.2) is 40.6 Å². The maximum Gasteiger partial charge on any atom is 0.255 e. The molecule has 1 aliphatic heterocycles. The van der Waals surface area contributed by atoms with Crippen LogP contribution in [0, 0.1) is 5.92 Å². The fourth-order valence-corrected chi connectivity index (χ4v) is 3.67. The van der Waals surface area contributed by atoms with E-state index in [9.17, 15) is 4.79 Å². The van der Waals surface area contributed by atoms with Gasteiger partial charge in [-0.3, -0.25) is 9.78 Å².